The van der Waals surface area contributed by atoms with Crippen LogP contribution in [0.2, 0.25) is 0 Å². The van der Waals surface area contributed by atoms with Crippen molar-refractivity contribution in [3.63, 3.8) is 0 Å². The van der Waals surface area contributed by atoms with Gasteiger partial charge < -0.3 is 20.3 Å². The summed E-state index contributed by atoms with van der Waals surface area (Å²) < 4.78 is 5.50. The molecule has 0 aromatic heterocycles. The van der Waals surface area contributed by atoms with Gasteiger partial charge in [-0.1, -0.05) is 0 Å². The van der Waals surface area contributed by atoms with Gasteiger partial charge in [0.1, 0.15) is 12.4 Å². The number of likely N-dealkylation sites (N-methyl/N-ethyl adjacent to an activating group) is 1. The first-order chi connectivity index (χ1) is 9.08. The van der Waals surface area contributed by atoms with Crippen molar-refractivity contribution in [3.8, 4) is 5.75 Å². The standard InChI is InChI=1S/C13H17N3O3/c1-15-6-7-16(13(18)12(15)17)8-9-19-11-4-2-10(14)3-5-11/h2-5H,6-9,14H2,1H3. The quantitative estimate of drug-likeness (QED) is 0.610. The number of ether oxygens (including phenoxy) is 1. The minimum Gasteiger partial charge on any atom is -0.492 e. The molecule has 0 radical (unpaired) electrons. The summed E-state index contributed by atoms with van der Waals surface area (Å²) in [7, 11) is 1.63. The monoisotopic (exact) mass is 263 g/mol. The first-order valence-electron chi connectivity index (χ1n) is 6.10. The van der Waals surface area contributed by atoms with E-state index < -0.39 is 11.8 Å². The van der Waals surface area contributed by atoms with E-state index in [-0.39, 0.29) is 0 Å². The summed E-state index contributed by atoms with van der Waals surface area (Å²) in [5.41, 5.74) is 6.24. The fourth-order valence-corrected chi connectivity index (χ4v) is 1.82. The molecule has 6 nitrogen and oxygen atoms in total. The molecule has 0 atom stereocenters. The number of rotatable bonds is 4. The molecule has 0 bridgehead atoms. The lowest BCUT2D eigenvalue weighted by Gasteiger charge is -2.31. The van der Waals surface area contributed by atoms with Crippen LogP contribution in [0.1, 0.15) is 0 Å². The van der Waals surface area contributed by atoms with Gasteiger partial charge in [0.25, 0.3) is 0 Å². The zero-order chi connectivity index (χ0) is 13.8. The highest BCUT2D eigenvalue weighted by Gasteiger charge is 2.29. The molecule has 2 rings (SSSR count). The molecule has 1 saturated heterocycles. The van der Waals surface area contributed by atoms with E-state index in [1.165, 1.54) is 9.80 Å². The summed E-state index contributed by atoms with van der Waals surface area (Å²) in [4.78, 5) is 26.1. The second-order valence-electron chi connectivity index (χ2n) is 4.44. The number of anilines is 1. The van der Waals surface area contributed by atoms with Crippen molar-refractivity contribution in [2.45, 2.75) is 0 Å². The van der Waals surface area contributed by atoms with Crippen molar-refractivity contribution in [2.75, 3.05) is 39.0 Å². The van der Waals surface area contributed by atoms with E-state index >= 15 is 0 Å². The summed E-state index contributed by atoms with van der Waals surface area (Å²) in [6.07, 6.45) is 0. The number of nitrogen functional groups attached to an aromatic ring is 1. The van der Waals surface area contributed by atoms with Crippen LogP contribution in [0.15, 0.2) is 24.3 Å². The molecular weight excluding hydrogens is 246 g/mol. The lowest BCUT2D eigenvalue weighted by Crippen LogP contribution is -2.53. The Morgan fingerprint density at radius 3 is 2.53 bits per heavy atom. The van der Waals surface area contributed by atoms with Gasteiger partial charge in [0.15, 0.2) is 0 Å². The normalized spacial score (nSPS) is 15.8. The highest BCUT2D eigenvalue weighted by molar-refractivity contribution is 6.35. The van der Waals surface area contributed by atoms with Crippen molar-refractivity contribution in [1.82, 2.24) is 9.80 Å². The SMILES string of the molecule is CN1CCN(CCOc2ccc(N)cc2)C(=O)C1=O. The smallest absolute Gasteiger partial charge is 0.312 e. The zero-order valence-corrected chi connectivity index (χ0v) is 10.8. The number of carbonyl (C=O) groups is 2. The molecule has 0 unspecified atom stereocenters. The molecule has 1 heterocycles. The predicted octanol–water partition coefficient (Wildman–Crippen LogP) is -0.0518. The molecule has 1 aromatic rings. The van der Waals surface area contributed by atoms with E-state index in [2.05, 4.69) is 0 Å². The van der Waals surface area contributed by atoms with E-state index in [9.17, 15) is 9.59 Å². The molecule has 0 spiro atoms. The summed E-state index contributed by atoms with van der Waals surface area (Å²) in [5.74, 6) is -0.226. The van der Waals surface area contributed by atoms with E-state index in [0.717, 1.165) is 0 Å². The Labute approximate surface area is 111 Å². The van der Waals surface area contributed by atoms with Gasteiger partial charge in [-0.05, 0) is 24.3 Å². The van der Waals surface area contributed by atoms with Gasteiger partial charge >= 0.3 is 11.8 Å². The highest BCUT2D eigenvalue weighted by Crippen LogP contribution is 2.13. The number of hydrogen-bond acceptors (Lipinski definition) is 4. The number of piperazine rings is 1. The lowest BCUT2D eigenvalue weighted by atomic mass is 10.3. The number of hydrogen-bond donors (Lipinski definition) is 1. The van der Waals surface area contributed by atoms with E-state index in [1.807, 2.05) is 0 Å². The van der Waals surface area contributed by atoms with Crippen LogP contribution in [0.4, 0.5) is 5.69 Å². The average Bonchev–Trinajstić information content (AvgIpc) is 2.41. The largest absolute Gasteiger partial charge is 0.492 e. The van der Waals surface area contributed by atoms with Crippen molar-refractivity contribution in [3.05, 3.63) is 24.3 Å². The molecule has 19 heavy (non-hydrogen) atoms. The molecule has 2 amide bonds. The maximum absolute atomic E-state index is 11.7. The Balaban J connectivity index is 1.81. The molecule has 2 N–H and O–H groups in total. The summed E-state index contributed by atoms with van der Waals surface area (Å²) in [5, 5.41) is 0. The number of nitrogens with zero attached hydrogens (tertiary/aromatic N) is 2. The van der Waals surface area contributed by atoms with Crippen LogP contribution in [-0.4, -0.2) is 54.9 Å². The molecule has 1 aliphatic heterocycles. The fourth-order valence-electron chi connectivity index (χ4n) is 1.82. The van der Waals surface area contributed by atoms with Crippen molar-refractivity contribution in [2.24, 2.45) is 0 Å². The third kappa shape index (κ3) is 3.15. The molecule has 1 aromatic carbocycles. The third-order valence-electron chi connectivity index (χ3n) is 3.03. The van der Waals surface area contributed by atoms with Crippen molar-refractivity contribution in [1.29, 1.82) is 0 Å². The summed E-state index contributed by atoms with van der Waals surface area (Å²) in [6.45, 7) is 1.87. The van der Waals surface area contributed by atoms with Gasteiger partial charge in [-0.3, -0.25) is 9.59 Å². The molecule has 1 aliphatic rings. The second-order valence-corrected chi connectivity index (χ2v) is 4.44. The Bertz CT molecular complexity index is 473. The molecule has 6 heteroatoms. The Hall–Kier alpha value is -2.24. The first-order valence-corrected chi connectivity index (χ1v) is 6.10. The molecule has 1 fully saturated rings. The van der Waals surface area contributed by atoms with Crippen LogP contribution in [0.3, 0.4) is 0 Å². The van der Waals surface area contributed by atoms with Crippen LogP contribution >= 0.6 is 0 Å². The van der Waals surface area contributed by atoms with Crippen LogP contribution in [0.5, 0.6) is 5.75 Å². The van der Waals surface area contributed by atoms with Crippen LogP contribution in [0, 0.1) is 0 Å². The van der Waals surface area contributed by atoms with Crippen molar-refractivity contribution < 1.29 is 14.3 Å². The zero-order valence-electron chi connectivity index (χ0n) is 10.8. The maximum Gasteiger partial charge on any atom is 0.312 e. The number of carbonyl (C=O) groups excluding carboxylic acids is 2. The number of amides is 2. The van der Waals surface area contributed by atoms with Crippen LogP contribution < -0.4 is 10.5 Å². The fraction of sp³-hybridized carbons (Fsp3) is 0.385. The average molecular weight is 263 g/mol. The van der Waals surface area contributed by atoms with Gasteiger partial charge in [0.2, 0.25) is 0 Å². The molecule has 102 valence electrons. The Morgan fingerprint density at radius 2 is 1.84 bits per heavy atom. The van der Waals surface area contributed by atoms with Crippen LogP contribution in [0.25, 0.3) is 0 Å². The van der Waals surface area contributed by atoms with Crippen LogP contribution in [-0.2, 0) is 9.59 Å². The van der Waals surface area contributed by atoms with E-state index in [0.29, 0.717) is 37.7 Å². The third-order valence-corrected chi connectivity index (χ3v) is 3.03. The van der Waals surface area contributed by atoms with Gasteiger partial charge in [0.05, 0.1) is 6.54 Å². The summed E-state index contributed by atoms with van der Waals surface area (Å²) in [6, 6.07) is 7.04. The summed E-state index contributed by atoms with van der Waals surface area (Å²) >= 11 is 0. The molecular formula is C13H17N3O3. The first kappa shape index (κ1) is 13.2. The minimum atomic E-state index is -0.463. The predicted molar refractivity (Wildman–Crippen MR) is 70.6 cm³/mol. The van der Waals surface area contributed by atoms with E-state index in [4.69, 9.17) is 10.5 Å². The number of benzene rings is 1. The highest BCUT2D eigenvalue weighted by atomic mass is 16.5. The Kier molecular flexibility index (Phi) is 3.89. The van der Waals surface area contributed by atoms with E-state index in [1.54, 1.807) is 31.3 Å². The lowest BCUT2D eigenvalue weighted by molar-refractivity contribution is -0.155. The molecule has 0 saturated carbocycles. The second kappa shape index (κ2) is 5.60. The van der Waals surface area contributed by atoms with Gasteiger partial charge in [-0.2, -0.15) is 0 Å². The maximum atomic E-state index is 11.7. The topological polar surface area (TPSA) is 75.9 Å². The minimum absolute atomic E-state index is 0.354. The Morgan fingerprint density at radius 1 is 1.16 bits per heavy atom. The van der Waals surface area contributed by atoms with Gasteiger partial charge in [0, 0.05) is 25.8 Å². The molecule has 0 aliphatic carbocycles. The number of nitrogens with two attached hydrogens (primary N) is 1. The van der Waals surface area contributed by atoms with Gasteiger partial charge in [-0.25, -0.2) is 0 Å². The van der Waals surface area contributed by atoms with Crippen molar-refractivity contribution >= 4 is 17.5 Å². The van der Waals surface area contributed by atoms with Gasteiger partial charge in [-0.15, -0.1) is 0 Å².